The van der Waals surface area contributed by atoms with E-state index in [9.17, 15) is 29.8 Å². The number of ether oxygens (including phenoxy) is 5. The van der Waals surface area contributed by atoms with Gasteiger partial charge in [0.2, 0.25) is 0 Å². The predicted octanol–water partition coefficient (Wildman–Crippen LogP) is 7.05. The predicted molar refractivity (Wildman–Crippen MR) is 209 cm³/mol. The van der Waals surface area contributed by atoms with Gasteiger partial charge in [0.15, 0.2) is 0 Å². The van der Waals surface area contributed by atoms with E-state index < -0.39 is 22.1 Å². The third kappa shape index (κ3) is 11.8. The number of carbonyl (C=O) groups excluding carboxylic acids is 2. The minimum absolute atomic E-state index is 0.0603. The number of hydrogen-bond donors (Lipinski definition) is 0. The Morgan fingerprint density at radius 1 is 0.931 bits per heavy atom. The van der Waals surface area contributed by atoms with Crippen molar-refractivity contribution in [2.24, 2.45) is 0 Å². The highest BCUT2D eigenvalue weighted by molar-refractivity contribution is 6.30. The van der Waals surface area contributed by atoms with Crippen LogP contribution in [0.25, 0.3) is 17.3 Å². The van der Waals surface area contributed by atoms with E-state index in [2.05, 4.69) is 16.6 Å². The molecule has 0 saturated heterocycles. The standard InChI is InChI=1S/C40H43ClN4O13/c1-3-4-14-43-38(34-12-11-32(41)24-37(34)56-26-28-9-5-6-10-33(28)40(47)55-16-8-18-58-45(50)51)31(25-42-43)21-30(39(46)54-15-7-17-57-44(48)49)20-29-23-36-27(13-19-53-36)22-35(29)52-2/h5-6,9-12,21-25H,3-4,7-8,13-20,26H2,1-2H3/b30-21+. The van der Waals surface area contributed by atoms with Crippen molar-refractivity contribution >= 4 is 29.6 Å². The van der Waals surface area contributed by atoms with Gasteiger partial charge < -0.3 is 33.4 Å². The Kier molecular flexibility index (Phi) is 15.7. The summed E-state index contributed by atoms with van der Waals surface area (Å²) in [6.07, 6.45) is 6.05. The lowest BCUT2D eigenvalue weighted by molar-refractivity contribution is -0.757. The van der Waals surface area contributed by atoms with Crippen molar-refractivity contribution in [1.29, 1.82) is 0 Å². The van der Waals surface area contributed by atoms with Crippen molar-refractivity contribution < 1.29 is 53.1 Å². The van der Waals surface area contributed by atoms with Crippen LogP contribution in [0.4, 0.5) is 0 Å². The lowest BCUT2D eigenvalue weighted by atomic mass is 9.98. The maximum absolute atomic E-state index is 13.8. The van der Waals surface area contributed by atoms with Gasteiger partial charge in [-0.15, -0.1) is 20.2 Å². The fourth-order valence-corrected chi connectivity index (χ4v) is 6.30. The number of halogens is 1. The number of aromatic nitrogens is 2. The monoisotopic (exact) mass is 822 g/mol. The summed E-state index contributed by atoms with van der Waals surface area (Å²) in [5.74, 6) is 0.357. The quantitative estimate of drug-likeness (QED) is 0.0242. The Morgan fingerprint density at radius 3 is 2.40 bits per heavy atom. The molecule has 0 bridgehead atoms. The topological polar surface area (TPSA) is 203 Å². The number of esters is 2. The first-order chi connectivity index (χ1) is 28.1. The minimum Gasteiger partial charge on any atom is -0.496 e. The molecule has 5 rings (SSSR count). The summed E-state index contributed by atoms with van der Waals surface area (Å²) in [6.45, 7) is 2.40. The molecule has 1 aliphatic heterocycles. The average molecular weight is 823 g/mol. The first-order valence-electron chi connectivity index (χ1n) is 18.6. The fraction of sp³-hybridized carbons (Fsp3) is 0.375. The van der Waals surface area contributed by atoms with Crippen LogP contribution < -0.4 is 14.2 Å². The van der Waals surface area contributed by atoms with Gasteiger partial charge in [-0.05, 0) is 48.9 Å². The second-order valence-corrected chi connectivity index (χ2v) is 13.4. The molecule has 0 aliphatic carbocycles. The van der Waals surface area contributed by atoms with Crippen molar-refractivity contribution in [3.05, 3.63) is 119 Å². The van der Waals surface area contributed by atoms with Gasteiger partial charge in [-0.2, -0.15) is 5.10 Å². The van der Waals surface area contributed by atoms with Crippen molar-refractivity contribution in [1.82, 2.24) is 9.78 Å². The van der Waals surface area contributed by atoms with Gasteiger partial charge >= 0.3 is 11.9 Å². The summed E-state index contributed by atoms with van der Waals surface area (Å²) in [5.41, 5.74) is 4.47. The molecule has 0 fully saturated rings. The minimum atomic E-state index is -0.909. The van der Waals surface area contributed by atoms with Crippen LogP contribution in [0.3, 0.4) is 0 Å². The van der Waals surface area contributed by atoms with Gasteiger partial charge in [0.05, 0.1) is 57.6 Å². The summed E-state index contributed by atoms with van der Waals surface area (Å²) >= 11 is 6.51. The van der Waals surface area contributed by atoms with Crippen LogP contribution in [0.1, 0.15) is 65.2 Å². The lowest BCUT2D eigenvalue weighted by Gasteiger charge is -2.17. The van der Waals surface area contributed by atoms with Crippen molar-refractivity contribution in [2.75, 3.05) is 40.1 Å². The SMILES string of the molecule is CCCCn1ncc(/C=C(\Cc2cc3c(cc2OC)CCO3)C(=O)OCCCO[N+](=O)[O-])c1-c1ccc(Cl)cc1OCc1ccccc1C(=O)OCCCO[N+](=O)[O-]. The number of aryl methyl sites for hydroxylation is 1. The van der Waals surface area contributed by atoms with Gasteiger partial charge in [-0.3, -0.25) is 4.68 Å². The molecule has 0 spiro atoms. The van der Waals surface area contributed by atoms with Crippen LogP contribution in [-0.2, 0) is 49.9 Å². The summed E-state index contributed by atoms with van der Waals surface area (Å²) < 4.78 is 30.7. The van der Waals surface area contributed by atoms with Gasteiger partial charge in [0, 0.05) is 70.6 Å². The number of fused-ring (bicyclic) bond motifs is 1. The molecule has 17 nitrogen and oxygen atoms in total. The molecule has 58 heavy (non-hydrogen) atoms. The second-order valence-electron chi connectivity index (χ2n) is 12.9. The highest BCUT2D eigenvalue weighted by Gasteiger charge is 2.23. The maximum atomic E-state index is 13.8. The van der Waals surface area contributed by atoms with E-state index in [1.807, 2.05) is 16.8 Å². The molecule has 2 heterocycles. The third-order valence-corrected chi connectivity index (χ3v) is 9.15. The van der Waals surface area contributed by atoms with E-state index in [1.54, 1.807) is 61.8 Å². The van der Waals surface area contributed by atoms with Gasteiger partial charge in [0.25, 0.3) is 10.2 Å². The van der Waals surface area contributed by atoms with Crippen LogP contribution in [0.5, 0.6) is 17.2 Å². The van der Waals surface area contributed by atoms with Crippen LogP contribution in [-0.4, -0.2) is 72.0 Å². The van der Waals surface area contributed by atoms with Crippen LogP contribution in [0.2, 0.25) is 5.02 Å². The number of carbonyl (C=O) groups is 2. The van der Waals surface area contributed by atoms with Gasteiger partial charge in [-0.1, -0.05) is 43.1 Å². The second kappa shape index (κ2) is 21.2. The summed E-state index contributed by atoms with van der Waals surface area (Å²) in [6, 6.07) is 15.6. The van der Waals surface area contributed by atoms with Crippen LogP contribution >= 0.6 is 11.6 Å². The Labute approximate surface area is 338 Å². The molecule has 0 amide bonds. The average Bonchev–Trinajstić information content (AvgIpc) is 3.84. The zero-order chi connectivity index (χ0) is 41.4. The molecule has 308 valence electrons. The summed E-state index contributed by atoms with van der Waals surface area (Å²) in [7, 11) is 1.55. The number of hydrogen-bond acceptors (Lipinski definition) is 14. The van der Waals surface area contributed by atoms with Crippen LogP contribution in [0, 0.1) is 20.2 Å². The largest absolute Gasteiger partial charge is 0.496 e. The molecular weight excluding hydrogens is 780 g/mol. The molecule has 4 aromatic rings. The number of methoxy groups -OCH3 is 1. The number of benzene rings is 3. The van der Waals surface area contributed by atoms with Crippen molar-refractivity contribution in [3.8, 4) is 28.5 Å². The van der Waals surface area contributed by atoms with Gasteiger partial charge in [-0.25, -0.2) is 9.59 Å². The molecule has 1 aliphatic rings. The molecule has 0 radical (unpaired) electrons. The maximum Gasteiger partial charge on any atom is 0.338 e. The highest BCUT2D eigenvalue weighted by atomic mass is 35.5. The Bertz CT molecular complexity index is 2120. The van der Waals surface area contributed by atoms with Crippen molar-refractivity contribution in [2.45, 2.75) is 58.6 Å². The molecule has 18 heteroatoms. The number of unbranched alkanes of at least 4 members (excludes halogenated alkanes) is 1. The highest BCUT2D eigenvalue weighted by Crippen LogP contribution is 2.38. The molecule has 0 saturated carbocycles. The molecule has 0 N–H and O–H groups in total. The fourth-order valence-electron chi connectivity index (χ4n) is 6.13. The molecule has 0 atom stereocenters. The van der Waals surface area contributed by atoms with E-state index in [1.165, 1.54) is 0 Å². The molecule has 0 unspecified atom stereocenters. The zero-order valence-electron chi connectivity index (χ0n) is 32.0. The lowest BCUT2D eigenvalue weighted by Crippen LogP contribution is -2.13. The Morgan fingerprint density at radius 2 is 1.67 bits per heavy atom. The van der Waals surface area contributed by atoms with E-state index in [4.69, 9.17) is 40.4 Å². The van der Waals surface area contributed by atoms with Crippen molar-refractivity contribution in [3.63, 3.8) is 0 Å². The summed E-state index contributed by atoms with van der Waals surface area (Å²) in [5, 5.41) is 24.3. The summed E-state index contributed by atoms with van der Waals surface area (Å²) in [4.78, 5) is 56.5. The smallest absolute Gasteiger partial charge is 0.338 e. The Balaban J connectivity index is 1.49. The van der Waals surface area contributed by atoms with E-state index in [-0.39, 0.29) is 63.4 Å². The van der Waals surface area contributed by atoms with E-state index in [0.717, 1.165) is 24.8 Å². The first-order valence-corrected chi connectivity index (χ1v) is 18.9. The first kappa shape index (κ1) is 42.8. The third-order valence-electron chi connectivity index (χ3n) is 8.91. The van der Waals surface area contributed by atoms with E-state index >= 15 is 0 Å². The Hall–Kier alpha value is -6.36. The zero-order valence-corrected chi connectivity index (χ0v) is 32.8. The van der Waals surface area contributed by atoms with Gasteiger partial charge in [0.1, 0.15) is 23.9 Å². The number of nitrogens with zero attached hydrogens (tertiary/aromatic N) is 4. The van der Waals surface area contributed by atoms with Crippen LogP contribution in [0.15, 0.2) is 66.4 Å². The number of rotatable bonds is 23. The molecular formula is C40H43ClN4O13. The van der Waals surface area contributed by atoms with E-state index in [0.29, 0.717) is 63.4 Å². The molecule has 3 aromatic carbocycles. The molecule has 1 aromatic heterocycles. The normalized spacial score (nSPS) is 11.9.